The number of aromatic nitrogens is 3. The van der Waals surface area contributed by atoms with Crippen molar-refractivity contribution in [3.63, 3.8) is 0 Å². The monoisotopic (exact) mass is 271 g/mol. The number of rotatable bonds is 3. The van der Waals surface area contributed by atoms with Gasteiger partial charge in [-0.15, -0.1) is 10.2 Å². The number of hydrogen-bond donors (Lipinski definition) is 0. The Morgan fingerprint density at radius 1 is 1.00 bits per heavy atom. The molecular weight excluding hydrogens is 262 g/mol. The zero-order valence-electron chi connectivity index (χ0n) is 9.95. The standard InChI is InChI=1S/C14H10ClN3O/c15-12-7-6-10(9-16-12)8-13-17-18-14(19-13)11-4-2-1-3-5-11/h1-7,9H,8H2. The summed E-state index contributed by atoms with van der Waals surface area (Å²) in [5.74, 6) is 1.08. The molecule has 0 aliphatic heterocycles. The van der Waals surface area contributed by atoms with Crippen molar-refractivity contribution in [1.29, 1.82) is 0 Å². The van der Waals surface area contributed by atoms with Gasteiger partial charge in [0, 0.05) is 11.8 Å². The normalized spacial score (nSPS) is 10.6. The maximum absolute atomic E-state index is 5.74. The first-order valence-corrected chi connectivity index (χ1v) is 6.17. The molecule has 3 aromatic rings. The number of nitrogens with zero attached hydrogens (tertiary/aromatic N) is 3. The smallest absolute Gasteiger partial charge is 0.247 e. The van der Waals surface area contributed by atoms with Gasteiger partial charge >= 0.3 is 0 Å². The molecule has 0 amide bonds. The third-order valence-corrected chi connectivity index (χ3v) is 2.86. The second-order valence-electron chi connectivity index (χ2n) is 4.03. The molecule has 94 valence electrons. The van der Waals surface area contributed by atoms with E-state index in [1.165, 1.54) is 0 Å². The Bertz CT molecular complexity index is 665. The van der Waals surface area contributed by atoms with Crippen LogP contribution in [0.15, 0.2) is 53.1 Å². The van der Waals surface area contributed by atoms with Crippen LogP contribution in [0.1, 0.15) is 11.5 Å². The third kappa shape index (κ3) is 2.80. The fraction of sp³-hybridized carbons (Fsp3) is 0.0714. The second-order valence-corrected chi connectivity index (χ2v) is 4.42. The Kier molecular flexibility index (Phi) is 3.25. The topological polar surface area (TPSA) is 51.8 Å². The first-order valence-electron chi connectivity index (χ1n) is 5.79. The van der Waals surface area contributed by atoms with E-state index in [-0.39, 0.29) is 0 Å². The SMILES string of the molecule is Clc1ccc(Cc2nnc(-c3ccccc3)o2)cn1. The molecule has 0 aliphatic carbocycles. The Balaban J connectivity index is 1.80. The van der Waals surface area contributed by atoms with Crippen LogP contribution >= 0.6 is 11.6 Å². The molecule has 0 N–H and O–H groups in total. The quantitative estimate of drug-likeness (QED) is 0.685. The summed E-state index contributed by atoms with van der Waals surface area (Å²) in [6.07, 6.45) is 2.25. The Morgan fingerprint density at radius 2 is 1.84 bits per heavy atom. The molecule has 0 spiro atoms. The highest BCUT2D eigenvalue weighted by Crippen LogP contribution is 2.18. The van der Waals surface area contributed by atoms with Gasteiger partial charge in [0.2, 0.25) is 11.8 Å². The van der Waals surface area contributed by atoms with E-state index in [1.807, 2.05) is 36.4 Å². The van der Waals surface area contributed by atoms with Crippen molar-refractivity contribution in [1.82, 2.24) is 15.2 Å². The van der Waals surface area contributed by atoms with Gasteiger partial charge < -0.3 is 4.42 Å². The summed E-state index contributed by atoms with van der Waals surface area (Å²) >= 11 is 5.74. The highest BCUT2D eigenvalue weighted by atomic mass is 35.5. The van der Waals surface area contributed by atoms with E-state index in [4.69, 9.17) is 16.0 Å². The number of benzene rings is 1. The highest BCUT2D eigenvalue weighted by Gasteiger charge is 2.08. The van der Waals surface area contributed by atoms with E-state index < -0.39 is 0 Å². The molecule has 0 radical (unpaired) electrons. The minimum absolute atomic E-state index is 0.472. The first-order chi connectivity index (χ1) is 9.31. The van der Waals surface area contributed by atoms with Gasteiger partial charge in [0.25, 0.3) is 0 Å². The summed E-state index contributed by atoms with van der Waals surface area (Å²) in [5, 5.41) is 8.54. The maximum Gasteiger partial charge on any atom is 0.247 e. The average Bonchev–Trinajstić information content (AvgIpc) is 2.91. The van der Waals surface area contributed by atoms with E-state index in [1.54, 1.807) is 12.3 Å². The summed E-state index contributed by atoms with van der Waals surface area (Å²) in [5.41, 5.74) is 1.89. The second kappa shape index (κ2) is 5.20. The van der Waals surface area contributed by atoms with Crippen LogP contribution < -0.4 is 0 Å². The van der Waals surface area contributed by atoms with Crippen molar-refractivity contribution in [2.75, 3.05) is 0 Å². The Morgan fingerprint density at radius 3 is 2.58 bits per heavy atom. The molecule has 2 aromatic heterocycles. The van der Waals surface area contributed by atoms with E-state index in [2.05, 4.69) is 15.2 Å². The minimum atomic E-state index is 0.472. The fourth-order valence-corrected chi connectivity index (χ4v) is 1.82. The molecule has 0 fully saturated rings. The predicted molar refractivity (Wildman–Crippen MR) is 71.8 cm³/mol. The summed E-state index contributed by atoms with van der Waals surface area (Å²) in [6.45, 7) is 0. The minimum Gasteiger partial charge on any atom is -0.420 e. The summed E-state index contributed by atoms with van der Waals surface area (Å²) in [7, 11) is 0. The van der Waals surface area contributed by atoms with Crippen LogP contribution in [0.3, 0.4) is 0 Å². The lowest BCUT2D eigenvalue weighted by Gasteiger charge is -1.96. The van der Waals surface area contributed by atoms with Gasteiger partial charge in [-0.2, -0.15) is 0 Å². The molecule has 0 saturated carbocycles. The zero-order valence-corrected chi connectivity index (χ0v) is 10.7. The maximum atomic E-state index is 5.74. The van der Waals surface area contributed by atoms with E-state index >= 15 is 0 Å². The van der Waals surface area contributed by atoms with Crippen molar-refractivity contribution < 1.29 is 4.42 Å². The van der Waals surface area contributed by atoms with Crippen LogP contribution in [-0.2, 0) is 6.42 Å². The number of pyridine rings is 1. The van der Waals surface area contributed by atoms with Crippen LogP contribution in [0.5, 0.6) is 0 Å². The lowest BCUT2D eigenvalue weighted by molar-refractivity contribution is 0.518. The molecule has 3 rings (SSSR count). The van der Waals surface area contributed by atoms with Crippen molar-refractivity contribution in [2.45, 2.75) is 6.42 Å². The van der Waals surface area contributed by atoms with E-state index in [0.717, 1.165) is 11.1 Å². The van der Waals surface area contributed by atoms with Gasteiger partial charge in [0.15, 0.2) is 0 Å². The van der Waals surface area contributed by atoms with Crippen LogP contribution in [-0.4, -0.2) is 15.2 Å². The average molecular weight is 272 g/mol. The van der Waals surface area contributed by atoms with Crippen LogP contribution in [0.2, 0.25) is 5.15 Å². The summed E-state index contributed by atoms with van der Waals surface area (Å²) in [4.78, 5) is 4.02. The van der Waals surface area contributed by atoms with Gasteiger partial charge in [-0.25, -0.2) is 4.98 Å². The molecular formula is C14H10ClN3O. The van der Waals surface area contributed by atoms with Crippen LogP contribution in [0, 0.1) is 0 Å². The van der Waals surface area contributed by atoms with Crippen molar-refractivity contribution >= 4 is 11.6 Å². The molecule has 0 atom stereocenters. The van der Waals surface area contributed by atoms with Gasteiger partial charge in [0.05, 0.1) is 6.42 Å². The van der Waals surface area contributed by atoms with Gasteiger partial charge in [-0.1, -0.05) is 35.9 Å². The Hall–Kier alpha value is -2.20. The molecule has 0 unspecified atom stereocenters. The van der Waals surface area contributed by atoms with E-state index in [9.17, 15) is 0 Å². The predicted octanol–water partition coefficient (Wildman–Crippen LogP) is 3.38. The molecule has 0 aliphatic rings. The molecule has 19 heavy (non-hydrogen) atoms. The Labute approximate surface area is 115 Å². The lowest BCUT2D eigenvalue weighted by Crippen LogP contribution is -1.89. The number of hydrogen-bond acceptors (Lipinski definition) is 4. The van der Waals surface area contributed by atoms with E-state index in [0.29, 0.717) is 23.4 Å². The molecule has 0 bridgehead atoms. The molecule has 5 heteroatoms. The molecule has 1 aromatic carbocycles. The van der Waals surface area contributed by atoms with Gasteiger partial charge in [0.1, 0.15) is 5.15 Å². The lowest BCUT2D eigenvalue weighted by atomic mass is 10.2. The number of halogens is 1. The molecule has 4 nitrogen and oxygen atoms in total. The largest absolute Gasteiger partial charge is 0.420 e. The fourth-order valence-electron chi connectivity index (χ4n) is 1.71. The molecule has 0 saturated heterocycles. The van der Waals surface area contributed by atoms with Crippen LogP contribution in [0.25, 0.3) is 11.5 Å². The van der Waals surface area contributed by atoms with Gasteiger partial charge in [-0.3, -0.25) is 0 Å². The summed E-state index contributed by atoms with van der Waals surface area (Å²) in [6, 6.07) is 13.3. The third-order valence-electron chi connectivity index (χ3n) is 2.63. The van der Waals surface area contributed by atoms with Crippen molar-refractivity contribution in [3.05, 3.63) is 65.3 Å². The van der Waals surface area contributed by atoms with Crippen molar-refractivity contribution in [3.8, 4) is 11.5 Å². The van der Waals surface area contributed by atoms with Crippen LogP contribution in [0.4, 0.5) is 0 Å². The first kappa shape index (κ1) is 11.9. The summed E-state index contributed by atoms with van der Waals surface area (Å²) < 4.78 is 5.62. The highest BCUT2D eigenvalue weighted by molar-refractivity contribution is 6.29. The molecule has 2 heterocycles. The van der Waals surface area contributed by atoms with Crippen molar-refractivity contribution in [2.24, 2.45) is 0 Å². The zero-order chi connectivity index (χ0) is 13.1. The van der Waals surface area contributed by atoms with Gasteiger partial charge in [-0.05, 0) is 23.8 Å².